The lowest BCUT2D eigenvalue weighted by atomic mass is 9.49. The predicted octanol–water partition coefficient (Wildman–Crippen LogP) is 3.74. The number of hydrogen-bond acceptors (Lipinski definition) is 5. The number of ether oxygens (including phenoxy) is 1. The molecule has 4 fully saturated rings. The maximum absolute atomic E-state index is 13.2. The van der Waals surface area contributed by atoms with Gasteiger partial charge in [0.15, 0.2) is 0 Å². The van der Waals surface area contributed by atoms with E-state index in [-0.39, 0.29) is 22.9 Å². The van der Waals surface area contributed by atoms with Gasteiger partial charge in [-0.1, -0.05) is 13.3 Å². The van der Waals surface area contributed by atoms with E-state index in [1.807, 2.05) is 4.57 Å². The van der Waals surface area contributed by atoms with Gasteiger partial charge < -0.3 is 9.30 Å². The summed E-state index contributed by atoms with van der Waals surface area (Å²) in [6.07, 6.45) is 8.74. The zero-order valence-electron chi connectivity index (χ0n) is 18.0. The number of aryl methyl sites for hydroxylation is 1. The fourth-order valence-corrected chi connectivity index (χ4v) is 7.19. The maximum atomic E-state index is 13.2. The summed E-state index contributed by atoms with van der Waals surface area (Å²) in [4.78, 5) is 17.9. The summed E-state index contributed by atoms with van der Waals surface area (Å²) >= 11 is 0. The van der Waals surface area contributed by atoms with E-state index in [9.17, 15) is 13.2 Å². The van der Waals surface area contributed by atoms with Crippen molar-refractivity contribution in [3.63, 3.8) is 0 Å². The van der Waals surface area contributed by atoms with Crippen LogP contribution < -0.4 is 5.14 Å². The fraction of sp³-hybridized carbons (Fsp3) is 0.652. The second-order valence-corrected chi connectivity index (χ2v) is 11.6. The van der Waals surface area contributed by atoms with Crippen LogP contribution in [0.3, 0.4) is 0 Å². The normalized spacial score (nSPS) is 29.5. The van der Waals surface area contributed by atoms with Crippen molar-refractivity contribution in [1.82, 2.24) is 9.55 Å². The van der Waals surface area contributed by atoms with Crippen molar-refractivity contribution in [1.29, 1.82) is 0 Å². The molecule has 1 aromatic carbocycles. The summed E-state index contributed by atoms with van der Waals surface area (Å²) < 4.78 is 31.4. The molecule has 0 spiro atoms. The molecule has 0 aliphatic heterocycles. The molecule has 7 nitrogen and oxygen atoms in total. The molecule has 4 bridgehead atoms. The van der Waals surface area contributed by atoms with Crippen LogP contribution in [0.1, 0.15) is 64.1 Å². The number of hydrogen-bond donors (Lipinski definition) is 1. The molecule has 0 amide bonds. The molecule has 2 N–H and O–H groups in total. The van der Waals surface area contributed by atoms with Crippen molar-refractivity contribution in [2.75, 3.05) is 0 Å². The van der Waals surface area contributed by atoms with Crippen molar-refractivity contribution in [2.24, 2.45) is 28.3 Å². The van der Waals surface area contributed by atoms with Gasteiger partial charge in [-0.3, -0.25) is 4.79 Å². The topological polar surface area (TPSA) is 104 Å². The van der Waals surface area contributed by atoms with E-state index in [4.69, 9.17) is 9.88 Å². The Morgan fingerprint density at radius 1 is 1.19 bits per heavy atom. The summed E-state index contributed by atoms with van der Waals surface area (Å²) in [6.45, 7) is 2.97. The molecule has 1 aromatic heterocycles. The van der Waals surface area contributed by atoms with Gasteiger partial charge >= 0.3 is 5.97 Å². The van der Waals surface area contributed by atoms with Gasteiger partial charge in [0.2, 0.25) is 10.0 Å². The minimum absolute atomic E-state index is 0.0391. The number of nitrogens with zero attached hydrogens (tertiary/aromatic N) is 2. The van der Waals surface area contributed by atoms with E-state index < -0.39 is 10.0 Å². The number of nitrogens with two attached hydrogens (primary N) is 1. The van der Waals surface area contributed by atoms with Gasteiger partial charge in [-0.05, 0) is 80.9 Å². The minimum Gasteiger partial charge on any atom is -0.457 e. The lowest BCUT2D eigenvalue weighted by Gasteiger charge is -2.55. The molecule has 0 atom stereocenters. The van der Waals surface area contributed by atoms with Gasteiger partial charge in [0.05, 0.1) is 21.3 Å². The highest BCUT2D eigenvalue weighted by molar-refractivity contribution is 7.89. The van der Waals surface area contributed by atoms with Crippen LogP contribution >= 0.6 is 0 Å². The fourth-order valence-electron chi connectivity index (χ4n) is 6.66. The quantitative estimate of drug-likeness (QED) is 0.654. The Morgan fingerprint density at radius 3 is 2.42 bits per heavy atom. The first-order valence-corrected chi connectivity index (χ1v) is 13.0. The number of unbranched alkanes of at least 4 members (excludes halogenated alkanes) is 1. The van der Waals surface area contributed by atoms with Crippen LogP contribution in [0.5, 0.6) is 0 Å². The van der Waals surface area contributed by atoms with Crippen molar-refractivity contribution in [3.05, 3.63) is 24.0 Å². The van der Waals surface area contributed by atoms with Crippen molar-refractivity contribution < 1.29 is 17.9 Å². The lowest BCUT2D eigenvalue weighted by Crippen LogP contribution is -2.50. The SMILES string of the molecule is CCCCn1c(COC(=O)C23CC4CC(CC(C4)C2)C3)nc2cc(S(N)(=O)=O)ccc21. The van der Waals surface area contributed by atoms with E-state index in [2.05, 4.69) is 11.9 Å². The van der Waals surface area contributed by atoms with Gasteiger partial charge in [-0.25, -0.2) is 18.5 Å². The minimum atomic E-state index is -3.80. The molecule has 1 heterocycles. The molecule has 4 saturated carbocycles. The van der Waals surface area contributed by atoms with E-state index in [0.717, 1.165) is 44.2 Å². The first-order chi connectivity index (χ1) is 14.8. The molecule has 8 heteroatoms. The number of fused-ring (bicyclic) bond motifs is 1. The summed E-state index contributed by atoms with van der Waals surface area (Å²) in [5, 5.41) is 5.28. The standard InChI is InChI=1S/C23H31N3O4S/c1-2-3-6-26-20-5-4-18(31(24,28)29)10-19(20)25-21(26)14-30-22(27)23-11-15-7-16(12-23)9-17(8-15)13-23/h4-5,10,15-17H,2-3,6-9,11-14H2,1H3,(H2,24,28,29). The Labute approximate surface area is 183 Å². The molecule has 4 aliphatic carbocycles. The highest BCUT2D eigenvalue weighted by Crippen LogP contribution is 2.60. The lowest BCUT2D eigenvalue weighted by molar-refractivity contribution is -0.173. The monoisotopic (exact) mass is 445 g/mol. The van der Waals surface area contributed by atoms with Gasteiger partial charge in [0.1, 0.15) is 12.4 Å². The Kier molecular flexibility index (Phi) is 5.13. The van der Waals surface area contributed by atoms with Gasteiger partial charge in [-0.2, -0.15) is 0 Å². The van der Waals surface area contributed by atoms with Gasteiger partial charge in [0, 0.05) is 6.54 Å². The van der Waals surface area contributed by atoms with Crippen LogP contribution in [-0.4, -0.2) is 23.9 Å². The molecule has 4 aliphatic rings. The second-order valence-electron chi connectivity index (χ2n) is 10.0. The number of rotatable bonds is 7. The van der Waals surface area contributed by atoms with Crippen LogP contribution in [-0.2, 0) is 32.7 Å². The Balaban J connectivity index is 1.39. The average molecular weight is 446 g/mol. The molecule has 31 heavy (non-hydrogen) atoms. The van der Waals surface area contributed by atoms with Crippen molar-refractivity contribution in [3.8, 4) is 0 Å². The molecule has 2 aromatic rings. The molecular weight excluding hydrogens is 414 g/mol. The number of aromatic nitrogens is 2. The van der Waals surface area contributed by atoms with E-state index >= 15 is 0 Å². The van der Waals surface area contributed by atoms with Gasteiger partial charge in [-0.15, -0.1) is 0 Å². The van der Waals surface area contributed by atoms with Crippen molar-refractivity contribution in [2.45, 2.75) is 76.3 Å². The number of imidazole rings is 1. The largest absolute Gasteiger partial charge is 0.457 e. The average Bonchev–Trinajstić information content (AvgIpc) is 3.05. The number of esters is 1. The summed E-state index contributed by atoms with van der Waals surface area (Å²) in [6, 6.07) is 4.74. The number of primary sulfonamides is 1. The first-order valence-electron chi connectivity index (χ1n) is 11.5. The summed E-state index contributed by atoms with van der Waals surface area (Å²) in [7, 11) is -3.80. The zero-order valence-corrected chi connectivity index (χ0v) is 18.9. The molecular formula is C23H31N3O4S. The van der Waals surface area contributed by atoms with E-state index in [1.54, 1.807) is 6.07 Å². The third-order valence-corrected chi connectivity index (χ3v) is 8.58. The maximum Gasteiger partial charge on any atom is 0.312 e. The van der Waals surface area contributed by atoms with E-state index in [1.165, 1.54) is 31.4 Å². The van der Waals surface area contributed by atoms with Crippen LogP contribution in [0.15, 0.2) is 23.1 Å². The Bertz CT molecular complexity index is 1090. The van der Waals surface area contributed by atoms with Gasteiger partial charge in [0.25, 0.3) is 0 Å². The summed E-state index contributed by atoms with van der Waals surface area (Å²) in [5.74, 6) is 2.65. The number of carbonyl (C=O) groups is 1. The smallest absolute Gasteiger partial charge is 0.312 e. The van der Waals surface area contributed by atoms with Crippen LogP contribution in [0, 0.1) is 23.2 Å². The number of carbonyl (C=O) groups excluding carboxylic acids is 1. The first kappa shape index (κ1) is 20.9. The highest BCUT2D eigenvalue weighted by Gasteiger charge is 2.55. The molecule has 0 unspecified atom stereocenters. The van der Waals surface area contributed by atoms with Crippen molar-refractivity contribution >= 4 is 27.0 Å². The molecule has 0 radical (unpaired) electrons. The molecule has 0 saturated heterocycles. The molecule has 168 valence electrons. The Hall–Kier alpha value is -1.93. The zero-order chi connectivity index (χ0) is 21.8. The Morgan fingerprint density at radius 2 is 1.84 bits per heavy atom. The number of benzene rings is 1. The summed E-state index contributed by atoms with van der Waals surface area (Å²) in [5.41, 5.74) is 1.10. The van der Waals surface area contributed by atoms with E-state index in [0.29, 0.717) is 29.1 Å². The second kappa shape index (κ2) is 7.59. The van der Waals surface area contributed by atoms with Crippen LogP contribution in [0.2, 0.25) is 0 Å². The van der Waals surface area contributed by atoms with Crippen LogP contribution in [0.4, 0.5) is 0 Å². The highest BCUT2D eigenvalue weighted by atomic mass is 32.2. The van der Waals surface area contributed by atoms with Crippen LogP contribution in [0.25, 0.3) is 11.0 Å². The third kappa shape index (κ3) is 3.78. The number of sulfonamides is 1. The molecule has 6 rings (SSSR count). The third-order valence-electron chi connectivity index (χ3n) is 7.67. The predicted molar refractivity (Wildman–Crippen MR) is 116 cm³/mol.